The van der Waals surface area contributed by atoms with Crippen molar-refractivity contribution in [3.05, 3.63) is 28.8 Å². The number of hydrogen-bond donors (Lipinski definition) is 2. The molecule has 0 heterocycles. The molecule has 1 rings (SSSR count). The highest BCUT2D eigenvalue weighted by Crippen LogP contribution is 2.27. The van der Waals surface area contributed by atoms with E-state index in [9.17, 15) is 9.59 Å². The zero-order valence-corrected chi connectivity index (χ0v) is 10.8. The lowest BCUT2D eigenvalue weighted by atomic mass is 10.2. The van der Waals surface area contributed by atoms with Gasteiger partial charge in [-0.15, -0.1) is 0 Å². The first-order valence-corrected chi connectivity index (χ1v) is 5.89. The number of benzene rings is 1. The van der Waals surface area contributed by atoms with E-state index in [2.05, 4.69) is 0 Å². The van der Waals surface area contributed by atoms with Crippen LogP contribution in [-0.2, 0) is 4.79 Å². The average molecular weight is 271 g/mol. The van der Waals surface area contributed by atoms with Crippen molar-refractivity contribution >= 4 is 29.2 Å². The predicted molar refractivity (Wildman–Crippen MR) is 70.1 cm³/mol. The molecule has 1 amide bonds. The fraction of sp³-hybridized carbons (Fsp3) is 0.333. The molecule has 0 atom stereocenters. The highest BCUT2D eigenvalue weighted by molar-refractivity contribution is 6.33. The van der Waals surface area contributed by atoms with Crippen LogP contribution in [0.5, 0.6) is 0 Å². The van der Waals surface area contributed by atoms with Gasteiger partial charge in [-0.25, -0.2) is 0 Å². The van der Waals surface area contributed by atoms with Gasteiger partial charge in [0.05, 0.1) is 10.7 Å². The van der Waals surface area contributed by atoms with Crippen LogP contribution in [0, 0.1) is 0 Å². The molecule has 0 aliphatic carbocycles. The van der Waals surface area contributed by atoms with Gasteiger partial charge in [0.1, 0.15) is 6.54 Å². The van der Waals surface area contributed by atoms with Crippen molar-refractivity contribution in [2.75, 3.05) is 18.0 Å². The third-order valence-electron chi connectivity index (χ3n) is 2.39. The van der Waals surface area contributed by atoms with Gasteiger partial charge in [0.25, 0.3) is 0 Å². The maximum absolute atomic E-state index is 11.0. The number of anilines is 1. The normalized spacial score (nSPS) is 10.1. The molecule has 98 valence electrons. The highest BCUT2D eigenvalue weighted by Gasteiger charge is 2.14. The monoisotopic (exact) mass is 270 g/mol. The zero-order chi connectivity index (χ0) is 13.7. The number of aliphatic carboxylic acids is 1. The molecule has 0 aliphatic heterocycles. The standard InChI is InChI=1S/C12H15ClN2O3/c1-2-5-15(7-11(16)17)10-4-3-8(12(14)18)6-9(10)13/h3-4,6H,2,5,7H2,1H3,(H2,14,18)(H,16,17). The fourth-order valence-electron chi connectivity index (χ4n) is 1.63. The molecule has 0 unspecified atom stereocenters. The summed E-state index contributed by atoms with van der Waals surface area (Å²) in [4.78, 5) is 23.4. The summed E-state index contributed by atoms with van der Waals surface area (Å²) in [6.07, 6.45) is 0.793. The number of carbonyl (C=O) groups is 2. The van der Waals surface area contributed by atoms with Crippen LogP contribution in [0.1, 0.15) is 23.7 Å². The van der Waals surface area contributed by atoms with Crippen LogP contribution in [-0.4, -0.2) is 30.1 Å². The number of nitrogens with zero attached hydrogens (tertiary/aromatic N) is 1. The number of amides is 1. The maximum atomic E-state index is 11.0. The first-order chi connectivity index (χ1) is 8.45. The largest absolute Gasteiger partial charge is 0.480 e. The number of rotatable bonds is 6. The average Bonchev–Trinajstić information content (AvgIpc) is 2.27. The Balaban J connectivity index is 3.04. The van der Waals surface area contributed by atoms with Crippen LogP contribution >= 0.6 is 11.6 Å². The second kappa shape index (κ2) is 6.26. The number of halogens is 1. The number of primary amides is 1. The summed E-state index contributed by atoms with van der Waals surface area (Å²) in [6.45, 7) is 2.38. The number of nitrogens with two attached hydrogens (primary N) is 1. The molecule has 1 aromatic carbocycles. The van der Waals surface area contributed by atoms with E-state index in [0.717, 1.165) is 6.42 Å². The van der Waals surface area contributed by atoms with E-state index in [-0.39, 0.29) is 6.54 Å². The summed E-state index contributed by atoms with van der Waals surface area (Å²) in [5, 5.41) is 9.17. The molecule has 6 heteroatoms. The van der Waals surface area contributed by atoms with Crippen LogP contribution < -0.4 is 10.6 Å². The molecule has 18 heavy (non-hydrogen) atoms. The lowest BCUT2D eigenvalue weighted by molar-refractivity contribution is -0.135. The van der Waals surface area contributed by atoms with E-state index in [0.29, 0.717) is 22.8 Å². The van der Waals surface area contributed by atoms with Crippen LogP contribution in [0.15, 0.2) is 18.2 Å². The SMILES string of the molecule is CCCN(CC(=O)O)c1ccc(C(N)=O)cc1Cl. The van der Waals surface area contributed by atoms with E-state index >= 15 is 0 Å². The molecule has 0 radical (unpaired) electrons. The molecule has 3 N–H and O–H groups in total. The Labute approximate surface area is 110 Å². The van der Waals surface area contributed by atoms with E-state index in [1.807, 2.05) is 6.92 Å². The van der Waals surface area contributed by atoms with E-state index in [4.69, 9.17) is 22.4 Å². The lowest BCUT2D eigenvalue weighted by Gasteiger charge is -2.23. The first kappa shape index (κ1) is 14.3. The van der Waals surface area contributed by atoms with Crippen molar-refractivity contribution in [2.24, 2.45) is 5.73 Å². The minimum Gasteiger partial charge on any atom is -0.480 e. The Kier molecular flexibility index (Phi) is 4.97. The first-order valence-electron chi connectivity index (χ1n) is 5.51. The summed E-state index contributed by atoms with van der Waals surface area (Å²) >= 11 is 6.05. The van der Waals surface area contributed by atoms with E-state index < -0.39 is 11.9 Å². The molecular weight excluding hydrogens is 256 g/mol. The fourth-order valence-corrected chi connectivity index (χ4v) is 1.93. The molecule has 0 saturated carbocycles. The maximum Gasteiger partial charge on any atom is 0.323 e. The van der Waals surface area contributed by atoms with Gasteiger partial charge >= 0.3 is 5.97 Å². The van der Waals surface area contributed by atoms with Gasteiger partial charge in [-0.1, -0.05) is 18.5 Å². The Morgan fingerprint density at radius 2 is 2.11 bits per heavy atom. The lowest BCUT2D eigenvalue weighted by Crippen LogP contribution is -2.30. The van der Waals surface area contributed by atoms with Crippen LogP contribution in [0.3, 0.4) is 0 Å². The van der Waals surface area contributed by atoms with Gasteiger partial charge in [-0.2, -0.15) is 0 Å². The van der Waals surface area contributed by atoms with Gasteiger partial charge < -0.3 is 15.7 Å². The van der Waals surface area contributed by atoms with Gasteiger partial charge in [0, 0.05) is 12.1 Å². The van der Waals surface area contributed by atoms with Crippen LogP contribution in [0.2, 0.25) is 5.02 Å². The topological polar surface area (TPSA) is 83.6 Å². The predicted octanol–water partition coefficient (Wildman–Crippen LogP) is 1.74. The van der Waals surface area contributed by atoms with Gasteiger partial charge in [0.15, 0.2) is 0 Å². The van der Waals surface area contributed by atoms with Crippen molar-refractivity contribution in [1.29, 1.82) is 0 Å². The summed E-state index contributed by atoms with van der Waals surface area (Å²) in [5.74, 6) is -1.50. The smallest absolute Gasteiger partial charge is 0.323 e. The molecular formula is C12H15ClN2O3. The Bertz CT molecular complexity index is 463. The summed E-state index contributed by atoms with van der Waals surface area (Å²) < 4.78 is 0. The summed E-state index contributed by atoms with van der Waals surface area (Å²) in [5.41, 5.74) is 6.03. The third-order valence-corrected chi connectivity index (χ3v) is 2.70. The molecule has 0 spiro atoms. The van der Waals surface area contributed by atoms with Crippen LogP contribution in [0.25, 0.3) is 0 Å². The second-order valence-electron chi connectivity index (χ2n) is 3.85. The number of hydrogen-bond acceptors (Lipinski definition) is 3. The van der Waals surface area contributed by atoms with E-state index in [1.54, 1.807) is 11.0 Å². The quantitative estimate of drug-likeness (QED) is 0.825. The molecule has 0 bridgehead atoms. The van der Waals surface area contributed by atoms with Crippen molar-refractivity contribution in [2.45, 2.75) is 13.3 Å². The minimum absolute atomic E-state index is 0.135. The van der Waals surface area contributed by atoms with Gasteiger partial charge in [0.2, 0.25) is 5.91 Å². The molecule has 0 saturated heterocycles. The number of carboxylic acids is 1. The molecule has 1 aromatic rings. The number of carboxylic acid groups (broad SMARTS) is 1. The van der Waals surface area contributed by atoms with Crippen LogP contribution in [0.4, 0.5) is 5.69 Å². The summed E-state index contributed by atoms with van der Waals surface area (Å²) in [6, 6.07) is 4.60. The third kappa shape index (κ3) is 3.63. The Morgan fingerprint density at radius 1 is 1.44 bits per heavy atom. The van der Waals surface area contributed by atoms with Crippen molar-refractivity contribution in [3.8, 4) is 0 Å². The Morgan fingerprint density at radius 3 is 2.56 bits per heavy atom. The minimum atomic E-state index is -0.932. The number of carbonyl (C=O) groups excluding carboxylic acids is 1. The van der Waals surface area contributed by atoms with E-state index in [1.165, 1.54) is 12.1 Å². The second-order valence-corrected chi connectivity index (χ2v) is 4.25. The van der Waals surface area contributed by atoms with Crippen molar-refractivity contribution in [1.82, 2.24) is 0 Å². The Hall–Kier alpha value is -1.75. The molecule has 5 nitrogen and oxygen atoms in total. The zero-order valence-electron chi connectivity index (χ0n) is 10.0. The van der Waals surface area contributed by atoms with Gasteiger partial charge in [-0.3, -0.25) is 9.59 Å². The molecule has 0 fully saturated rings. The summed E-state index contributed by atoms with van der Waals surface area (Å²) in [7, 11) is 0. The highest BCUT2D eigenvalue weighted by atomic mass is 35.5. The van der Waals surface area contributed by atoms with Crippen molar-refractivity contribution < 1.29 is 14.7 Å². The van der Waals surface area contributed by atoms with Crippen molar-refractivity contribution in [3.63, 3.8) is 0 Å². The molecule has 0 aromatic heterocycles. The molecule has 0 aliphatic rings. The van der Waals surface area contributed by atoms with Gasteiger partial charge in [-0.05, 0) is 24.6 Å².